The van der Waals surface area contributed by atoms with E-state index in [1.165, 1.54) is 6.20 Å². The van der Waals surface area contributed by atoms with Crippen LogP contribution in [0.4, 0.5) is 8.78 Å². The molecule has 0 aliphatic rings. The number of aldehydes is 1. The molecule has 0 aromatic carbocycles. The number of carbonyl (C=O) groups is 1. The van der Waals surface area contributed by atoms with Gasteiger partial charge in [-0.15, -0.1) is 11.6 Å². The second-order valence-electron chi connectivity index (χ2n) is 2.45. The number of hydrogen-bond donors (Lipinski definition) is 0. The Bertz CT molecular complexity index is 359. The van der Waals surface area contributed by atoms with Gasteiger partial charge >= 0.3 is 0 Å². The molecule has 2 nitrogen and oxygen atoms in total. The molecular formula is C8H5BrClF2NO. The van der Waals surface area contributed by atoms with Gasteiger partial charge in [0.2, 0.25) is 0 Å². The van der Waals surface area contributed by atoms with E-state index in [-0.39, 0.29) is 27.2 Å². The molecule has 0 saturated carbocycles. The molecule has 0 aliphatic heterocycles. The van der Waals surface area contributed by atoms with E-state index in [4.69, 9.17) is 11.6 Å². The van der Waals surface area contributed by atoms with Crippen molar-refractivity contribution in [2.75, 3.05) is 0 Å². The maximum absolute atomic E-state index is 12.6. The predicted octanol–water partition coefficient (Wildman–Crippen LogP) is 3.33. The predicted molar refractivity (Wildman–Crippen MR) is 51.8 cm³/mol. The summed E-state index contributed by atoms with van der Waals surface area (Å²) in [6.45, 7) is 0. The Balaban J connectivity index is 3.38. The standard InChI is InChI=1S/C8H5BrClF2NO/c9-7-5(3-14)13-2-4(1-10)6(7)8(11)12/h2-3,8H,1H2. The average molecular weight is 284 g/mol. The summed E-state index contributed by atoms with van der Waals surface area (Å²) < 4.78 is 25.1. The monoisotopic (exact) mass is 283 g/mol. The van der Waals surface area contributed by atoms with Gasteiger partial charge in [-0.3, -0.25) is 9.78 Å². The maximum atomic E-state index is 12.6. The van der Waals surface area contributed by atoms with Crippen LogP contribution in [-0.4, -0.2) is 11.3 Å². The van der Waals surface area contributed by atoms with Crippen molar-refractivity contribution >= 4 is 33.8 Å². The second kappa shape index (κ2) is 4.79. The molecule has 1 rings (SSSR count). The van der Waals surface area contributed by atoms with Crippen LogP contribution in [0.5, 0.6) is 0 Å². The fourth-order valence-corrected chi connectivity index (χ4v) is 1.81. The summed E-state index contributed by atoms with van der Waals surface area (Å²) in [4.78, 5) is 14.1. The zero-order valence-electron chi connectivity index (χ0n) is 6.81. The highest BCUT2D eigenvalue weighted by Crippen LogP contribution is 2.32. The van der Waals surface area contributed by atoms with Crippen molar-refractivity contribution in [1.29, 1.82) is 0 Å². The van der Waals surface area contributed by atoms with E-state index in [0.29, 0.717) is 6.29 Å². The molecule has 1 heterocycles. The van der Waals surface area contributed by atoms with Gasteiger partial charge in [-0.1, -0.05) is 0 Å². The van der Waals surface area contributed by atoms with E-state index in [2.05, 4.69) is 20.9 Å². The number of nitrogens with zero attached hydrogens (tertiary/aromatic N) is 1. The van der Waals surface area contributed by atoms with Crippen molar-refractivity contribution in [1.82, 2.24) is 4.98 Å². The molecule has 0 spiro atoms. The van der Waals surface area contributed by atoms with E-state index in [1.807, 2.05) is 0 Å². The molecule has 14 heavy (non-hydrogen) atoms. The van der Waals surface area contributed by atoms with Crippen LogP contribution in [0.3, 0.4) is 0 Å². The van der Waals surface area contributed by atoms with E-state index in [0.717, 1.165) is 0 Å². The maximum Gasteiger partial charge on any atom is 0.265 e. The van der Waals surface area contributed by atoms with Gasteiger partial charge in [0.25, 0.3) is 6.43 Å². The van der Waals surface area contributed by atoms with Crippen molar-refractivity contribution in [2.24, 2.45) is 0 Å². The summed E-state index contributed by atoms with van der Waals surface area (Å²) in [5, 5.41) is 0. The number of alkyl halides is 3. The molecule has 1 aromatic rings. The molecule has 0 unspecified atom stereocenters. The summed E-state index contributed by atoms with van der Waals surface area (Å²) in [7, 11) is 0. The van der Waals surface area contributed by atoms with Crippen molar-refractivity contribution in [3.05, 3.63) is 27.5 Å². The van der Waals surface area contributed by atoms with E-state index in [9.17, 15) is 13.6 Å². The van der Waals surface area contributed by atoms with Crippen LogP contribution < -0.4 is 0 Å². The van der Waals surface area contributed by atoms with Gasteiger partial charge in [0.15, 0.2) is 6.29 Å². The highest BCUT2D eigenvalue weighted by Gasteiger charge is 2.19. The lowest BCUT2D eigenvalue weighted by molar-refractivity contribution is 0.111. The van der Waals surface area contributed by atoms with Gasteiger partial charge in [0.05, 0.1) is 4.47 Å². The Morgan fingerprint density at radius 1 is 1.64 bits per heavy atom. The van der Waals surface area contributed by atoms with E-state index in [1.54, 1.807) is 0 Å². The van der Waals surface area contributed by atoms with Gasteiger partial charge in [-0.25, -0.2) is 8.78 Å². The molecule has 0 aliphatic carbocycles. The highest BCUT2D eigenvalue weighted by atomic mass is 79.9. The minimum Gasteiger partial charge on any atom is -0.296 e. The molecule has 0 N–H and O–H groups in total. The first-order valence-electron chi connectivity index (χ1n) is 3.58. The van der Waals surface area contributed by atoms with E-state index < -0.39 is 6.43 Å². The van der Waals surface area contributed by atoms with Crippen molar-refractivity contribution in [3.8, 4) is 0 Å². The first kappa shape index (κ1) is 11.5. The molecular weight excluding hydrogens is 279 g/mol. The minimum atomic E-state index is -2.68. The summed E-state index contributed by atoms with van der Waals surface area (Å²) in [5.41, 5.74) is -0.0922. The number of carbonyl (C=O) groups excluding carboxylic acids is 1. The molecule has 6 heteroatoms. The largest absolute Gasteiger partial charge is 0.296 e. The van der Waals surface area contributed by atoms with Crippen molar-refractivity contribution < 1.29 is 13.6 Å². The van der Waals surface area contributed by atoms with Crippen molar-refractivity contribution in [2.45, 2.75) is 12.3 Å². The quantitative estimate of drug-likeness (QED) is 0.629. The third-order valence-corrected chi connectivity index (χ3v) is 2.76. The minimum absolute atomic E-state index is 0.0145. The molecule has 1 aromatic heterocycles. The zero-order chi connectivity index (χ0) is 10.7. The molecule has 0 saturated heterocycles. The Labute approximate surface area is 92.4 Å². The molecule has 0 radical (unpaired) electrons. The lowest BCUT2D eigenvalue weighted by Gasteiger charge is -2.09. The number of aromatic nitrogens is 1. The van der Waals surface area contributed by atoms with Gasteiger partial charge in [0.1, 0.15) is 5.69 Å². The number of halogens is 4. The summed E-state index contributed by atoms with van der Waals surface area (Å²) >= 11 is 8.36. The SMILES string of the molecule is O=Cc1ncc(CCl)c(C(F)F)c1Br. The van der Waals surface area contributed by atoms with Gasteiger partial charge < -0.3 is 0 Å². The smallest absolute Gasteiger partial charge is 0.265 e. The molecule has 0 fully saturated rings. The fourth-order valence-electron chi connectivity index (χ4n) is 0.977. The first-order valence-corrected chi connectivity index (χ1v) is 4.91. The third kappa shape index (κ3) is 2.09. The normalized spacial score (nSPS) is 10.6. The van der Waals surface area contributed by atoms with Crippen LogP contribution in [-0.2, 0) is 5.88 Å². The average Bonchev–Trinajstić information content (AvgIpc) is 2.16. The van der Waals surface area contributed by atoms with Crippen LogP contribution in [0.1, 0.15) is 28.0 Å². The molecule has 0 bridgehead atoms. The first-order chi connectivity index (χ1) is 6.61. The van der Waals surface area contributed by atoms with Crippen LogP contribution >= 0.6 is 27.5 Å². The Kier molecular flexibility index (Phi) is 3.95. The Morgan fingerprint density at radius 3 is 2.71 bits per heavy atom. The van der Waals surface area contributed by atoms with Gasteiger partial charge in [0, 0.05) is 17.6 Å². The fraction of sp³-hybridized carbons (Fsp3) is 0.250. The number of hydrogen-bond acceptors (Lipinski definition) is 2. The van der Waals surface area contributed by atoms with Gasteiger partial charge in [-0.2, -0.15) is 0 Å². The van der Waals surface area contributed by atoms with Gasteiger partial charge in [-0.05, 0) is 21.5 Å². The lowest BCUT2D eigenvalue weighted by Crippen LogP contribution is -2.00. The molecule has 76 valence electrons. The van der Waals surface area contributed by atoms with Crippen LogP contribution in [0.25, 0.3) is 0 Å². The third-order valence-electron chi connectivity index (χ3n) is 1.64. The highest BCUT2D eigenvalue weighted by molar-refractivity contribution is 9.10. The van der Waals surface area contributed by atoms with Crippen molar-refractivity contribution in [3.63, 3.8) is 0 Å². The topological polar surface area (TPSA) is 30.0 Å². The Morgan fingerprint density at radius 2 is 2.29 bits per heavy atom. The van der Waals surface area contributed by atoms with Crippen LogP contribution in [0.2, 0.25) is 0 Å². The number of pyridine rings is 1. The zero-order valence-corrected chi connectivity index (χ0v) is 9.15. The Hall–Kier alpha value is -0.550. The lowest BCUT2D eigenvalue weighted by atomic mass is 10.1. The summed E-state index contributed by atoms with van der Waals surface area (Å²) in [6.07, 6.45) is -1.09. The molecule has 0 atom stereocenters. The molecule has 0 amide bonds. The summed E-state index contributed by atoms with van der Waals surface area (Å²) in [5.74, 6) is -0.0651. The van der Waals surface area contributed by atoms with E-state index >= 15 is 0 Å². The second-order valence-corrected chi connectivity index (χ2v) is 3.51. The van der Waals surface area contributed by atoms with Crippen LogP contribution in [0.15, 0.2) is 10.7 Å². The summed E-state index contributed by atoms with van der Waals surface area (Å²) in [6, 6.07) is 0. The number of rotatable bonds is 3. The van der Waals surface area contributed by atoms with Crippen LogP contribution in [0, 0.1) is 0 Å².